The summed E-state index contributed by atoms with van der Waals surface area (Å²) in [7, 11) is 0. The third-order valence-electron chi connectivity index (χ3n) is 4.67. The van der Waals surface area contributed by atoms with Crippen molar-refractivity contribution in [2.45, 2.75) is 40.0 Å². The number of nitrogens with one attached hydrogen (secondary N) is 1. The number of carboxylic acids is 1. The van der Waals surface area contributed by atoms with Crippen molar-refractivity contribution >= 4 is 34.8 Å². The molecule has 2 atom stereocenters. The van der Waals surface area contributed by atoms with Crippen molar-refractivity contribution in [3.8, 4) is 0 Å². The highest BCUT2D eigenvalue weighted by Gasteiger charge is 2.47. The van der Waals surface area contributed by atoms with E-state index in [1.54, 1.807) is 18.2 Å². The molecule has 0 saturated heterocycles. The minimum absolute atomic E-state index is 0.174. The number of carboxylic acid groups (broad SMARTS) is 1. The van der Waals surface area contributed by atoms with Gasteiger partial charge in [-0.1, -0.05) is 32.1 Å². The zero-order valence-electron chi connectivity index (χ0n) is 14.4. The molecule has 0 fully saturated rings. The molecule has 2 unspecified atom stereocenters. The Kier molecular flexibility index (Phi) is 5.25. The van der Waals surface area contributed by atoms with Gasteiger partial charge in [-0.2, -0.15) is 0 Å². The summed E-state index contributed by atoms with van der Waals surface area (Å²) in [5, 5.41) is 12.3. The van der Waals surface area contributed by atoms with Gasteiger partial charge in [-0.25, -0.2) is 0 Å². The molecule has 1 aliphatic carbocycles. The Labute approximate surface area is 152 Å². The number of hydrogen-bond donors (Lipinski definition) is 2. The van der Waals surface area contributed by atoms with E-state index in [0.29, 0.717) is 10.7 Å². The van der Waals surface area contributed by atoms with Gasteiger partial charge in [0, 0.05) is 11.3 Å². The molecule has 1 aromatic rings. The van der Waals surface area contributed by atoms with Crippen LogP contribution in [0.4, 0.5) is 0 Å². The molecule has 4 nitrogen and oxygen atoms in total. The highest BCUT2D eigenvalue weighted by Crippen LogP contribution is 2.41. The Morgan fingerprint density at radius 2 is 2.00 bits per heavy atom. The van der Waals surface area contributed by atoms with Crippen LogP contribution in [0.15, 0.2) is 28.3 Å². The van der Waals surface area contributed by atoms with Gasteiger partial charge in [0.15, 0.2) is 0 Å². The number of aryl methyl sites for hydroxylation is 2. The maximum atomic E-state index is 11.9. The first-order chi connectivity index (χ1) is 11.1. The van der Waals surface area contributed by atoms with Gasteiger partial charge >= 0.3 is 5.97 Å². The van der Waals surface area contributed by atoms with Crippen molar-refractivity contribution in [1.82, 2.24) is 5.32 Å². The number of halogens is 1. The highest BCUT2D eigenvalue weighted by molar-refractivity contribution is 7.80. The Bertz CT molecular complexity index is 748. The smallest absolute Gasteiger partial charge is 0.315 e. The average molecular weight is 368 g/mol. The van der Waals surface area contributed by atoms with E-state index >= 15 is 0 Å². The standard InChI is InChI=1S/C18H22ClNO3S/c1-9(2)18(17(21)22)8-13(6-7-14(18)19)20-16(24)15-10(3)11(4)23-12(15)5/h6-9,14H,1-5H3,(H,20,24)(H,21,22). The zero-order valence-corrected chi connectivity index (χ0v) is 16.0. The summed E-state index contributed by atoms with van der Waals surface area (Å²) in [6, 6.07) is 0. The molecule has 0 amide bonds. The summed E-state index contributed by atoms with van der Waals surface area (Å²) in [6.07, 6.45) is 5.13. The number of furan rings is 1. The van der Waals surface area contributed by atoms with Gasteiger partial charge in [0.2, 0.25) is 0 Å². The van der Waals surface area contributed by atoms with Gasteiger partial charge in [-0.15, -0.1) is 11.6 Å². The lowest BCUT2D eigenvalue weighted by molar-refractivity contribution is -0.148. The van der Waals surface area contributed by atoms with Gasteiger partial charge in [0.25, 0.3) is 0 Å². The largest absolute Gasteiger partial charge is 0.481 e. The lowest BCUT2D eigenvalue weighted by Gasteiger charge is -2.36. The molecular formula is C18H22ClNO3S. The Morgan fingerprint density at radius 1 is 1.38 bits per heavy atom. The first-order valence-corrected chi connectivity index (χ1v) is 8.62. The van der Waals surface area contributed by atoms with Crippen LogP contribution in [0.2, 0.25) is 0 Å². The molecule has 6 heteroatoms. The molecule has 0 aliphatic heterocycles. The third-order valence-corrected chi connectivity index (χ3v) is 5.48. The van der Waals surface area contributed by atoms with Crippen LogP contribution in [0.1, 0.15) is 36.5 Å². The van der Waals surface area contributed by atoms with Crippen molar-refractivity contribution in [1.29, 1.82) is 0 Å². The number of carbonyl (C=O) groups is 1. The SMILES string of the molecule is Cc1oc(C)c(C(=S)NC2=CC(C(=O)O)(C(C)C)C(Cl)C=C2)c1C. The van der Waals surface area contributed by atoms with E-state index < -0.39 is 16.8 Å². The van der Waals surface area contributed by atoms with E-state index in [-0.39, 0.29) is 5.92 Å². The number of alkyl halides is 1. The fourth-order valence-electron chi connectivity index (χ4n) is 3.04. The third kappa shape index (κ3) is 3.03. The molecule has 0 aromatic carbocycles. The van der Waals surface area contributed by atoms with E-state index in [0.717, 1.165) is 22.6 Å². The Hall–Kier alpha value is -1.59. The summed E-state index contributed by atoms with van der Waals surface area (Å²) in [5.74, 6) is 0.445. The van der Waals surface area contributed by atoms with Crippen molar-refractivity contribution in [3.05, 3.63) is 46.6 Å². The number of aliphatic carboxylic acids is 1. The van der Waals surface area contributed by atoms with Crippen molar-refractivity contribution in [2.75, 3.05) is 0 Å². The highest BCUT2D eigenvalue weighted by atomic mass is 35.5. The maximum Gasteiger partial charge on any atom is 0.315 e. The van der Waals surface area contributed by atoms with Crippen LogP contribution in [-0.2, 0) is 4.79 Å². The molecule has 2 N–H and O–H groups in total. The normalized spacial score (nSPS) is 23.3. The first-order valence-electron chi connectivity index (χ1n) is 7.77. The molecule has 24 heavy (non-hydrogen) atoms. The molecule has 1 aromatic heterocycles. The predicted octanol–water partition coefficient (Wildman–Crippen LogP) is 4.26. The summed E-state index contributed by atoms with van der Waals surface area (Å²) in [5.41, 5.74) is 1.28. The number of thiocarbonyl (C=S) groups is 1. The molecule has 0 spiro atoms. The minimum atomic E-state index is -1.18. The van der Waals surface area contributed by atoms with Crippen LogP contribution in [-0.4, -0.2) is 21.4 Å². The second-order valence-corrected chi connectivity index (χ2v) is 7.30. The molecule has 2 rings (SSSR count). The van der Waals surface area contributed by atoms with Crippen LogP contribution >= 0.6 is 23.8 Å². The Balaban J connectivity index is 2.37. The summed E-state index contributed by atoms with van der Waals surface area (Å²) >= 11 is 11.8. The monoisotopic (exact) mass is 367 g/mol. The predicted molar refractivity (Wildman–Crippen MR) is 99.5 cm³/mol. The summed E-state index contributed by atoms with van der Waals surface area (Å²) < 4.78 is 5.61. The van der Waals surface area contributed by atoms with E-state index in [9.17, 15) is 9.90 Å². The summed E-state index contributed by atoms with van der Waals surface area (Å²) in [4.78, 5) is 12.4. The second kappa shape index (κ2) is 6.73. The Morgan fingerprint density at radius 3 is 2.46 bits per heavy atom. The molecule has 0 radical (unpaired) electrons. The molecule has 0 bridgehead atoms. The van der Waals surface area contributed by atoms with E-state index in [1.807, 2.05) is 34.6 Å². The van der Waals surface area contributed by atoms with Gasteiger partial charge in [0.05, 0.1) is 10.9 Å². The minimum Gasteiger partial charge on any atom is -0.481 e. The zero-order chi connectivity index (χ0) is 18.2. The fraction of sp³-hybridized carbons (Fsp3) is 0.444. The first kappa shape index (κ1) is 18.7. The number of allylic oxidation sites excluding steroid dienone is 2. The van der Waals surface area contributed by atoms with Crippen molar-refractivity contribution < 1.29 is 14.3 Å². The van der Waals surface area contributed by atoms with E-state index in [2.05, 4.69) is 5.32 Å². The van der Waals surface area contributed by atoms with E-state index in [1.165, 1.54) is 0 Å². The van der Waals surface area contributed by atoms with Crippen LogP contribution in [0, 0.1) is 32.1 Å². The molecule has 1 aliphatic rings. The van der Waals surface area contributed by atoms with Crippen LogP contribution in [0.5, 0.6) is 0 Å². The number of hydrogen-bond acceptors (Lipinski definition) is 3. The molecule has 130 valence electrons. The van der Waals surface area contributed by atoms with Crippen LogP contribution in [0.25, 0.3) is 0 Å². The van der Waals surface area contributed by atoms with Gasteiger partial charge in [-0.05, 0) is 38.8 Å². The van der Waals surface area contributed by atoms with Crippen LogP contribution in [0.3, 0.4) is 0 Å². The molecule has 0 saturated carbocycles. The molecular weight excluding hydrogens is 346 g/mol. The average Bonchev–Trinajstić information content (AvgIpc) is 2.73. The second-order valence-electron chi connectivity index (χ2n) is 6.42. The summed E-state index contributed by atoms with van der Waals surface area (Å²) in [6.45, 7) is 9.40. The van der Waals surface area contributed by atoms with Gasteiger partial charge in [0.1, 0.15) is 21.9 Å². The van der Waals surface area contributed by atoms with Crippen molar-refractivity contribution in [3.63, 3.8) is 0 Å². The quantitative estimate of drug-likeness (QED) is 0.615. The number of rotatable bonds is 4. The lowest BCUT2D eigenvalue weighted by Crippen LogP contribution is -2.44. The topological polar surface area (TPSA) is 62.5 Å². The lowest BCUT2D eigenvalue weighted by atomic mass is 9.71. The van der Waals surface area contributed by atoms with Crippen molar-refractivity contribution in [2.24, 2.45) is 11.3 Å². The molecule has 1 heterocycles. The fourth-order valence-corrected chi connectivity index (χ4v) is 3.94. The maximum absolute atomic E-state index is 11.9. The van der Waals surface area contributed by atoms with E-state index in [4.69, 9.17) is 28.2 Å². The van der Waals surface area contributed by atoms with Crippen LogP contribution < -0.4 is 5.32 Å². The van der Waals surface area contributed by atoms with Gasteiger partial charge < -0.3 is 14.8 Å². The van der Waals surface area contributed by atoms with Gasteiger partial charge in [-0.3, -0.25) is 4.79 Å².